The van der Waals surface area contributed by atoms with Crippen molar-refractivity contribution in [2.24, 2.45) is 5.92 Å². The van der Waals surface area contributed by atoms with E-state index >= 15 is 0 Å². The quantitative estimate of drug-likeness (QED) is 0.356. The maximum Gasteiger partial charge on any atom is 0.408 e. The highest BCUT2D eigenvalue weighted by Gasteiger charge is 2.37. The molecule has 2 unspecified atom stereocenters. The van der Waals surface area contributed by atoms with Gasteiger partial charge in [0.1, 0.15) is 17.7 Å². The molecule has 0 aliphatic heterocycles. The van der Waals surface area contributed by atoms with Crippen molar-refractivity contribution in [3.63, 3.8) is 0 Å². The summed E-state index contributed by atoms with van der Waals surface area (Å²) >= 11 is 0. The highest BCUT2D eigenvalue weighted by Crippen LogP contribution is 2.27. The van der Waals surface area contributed by atoms with Crippen LogP contribution < -0.4 is 10.6 Å². The van der Waals surface area contributed by atoms with Gasteiger partial charge in [0.2, 0.25) is 5.91 Å². The van der Waals surface area contributed by atoms with Crippen LogP contribution in [0.2, 0.25) is 0 Å². The van der Waals surface area contributed by atoms with Crippen molar-refractivity contribution in [3.8, 4) is 0 Å². The predicted octanol–water partition coefficient (Wildman–Crippen LogP) is 6.42. The second-order valence-corrected chi connectivity index (χ2v) is 11.1. The zero-order valence-corrected chi connectivity index (χ0v) is 24.3. The molecule has 2 aromatic rings. The van der Waals surface area contributed by atoms with Gasteiger partial charge in [0.15, 0.2) is 0 Å². The van der Waals surface area contributed by atoms with Crippen molar-refractivity contribution in [3.05, 3.63) is 65.2 Å². The molecule has 7 heteroatoms. The number of aryl methyl sites for hydroxylation is 2. The topological polar surface area (TPSA) is 87.7 Å². The monoisotopic (exact) mass is 523 g/mol. The van der Waals surface area contributed by atoms with Crippen LogP contribution in [-0.4, -0.2) is 41.0 Å². The summed E-state index contributed by atoms with van der Waals surface area (Å²) in [6.45, 7) is 15.5. The molecule has 0 aliphatic carbocycles. The van der Waals surface area contributed by atoms with Crippen molar-refractivity contribution >= 4 is 23.6 Å². The molecule has 0 fully saturated rings. The molecule has 38 heavy (non-hydrogen) atoms. The molecule has 7 nitrogen and oxygen atoms in total. The molecule has 3 amide bonds. The van der Waals surface area contributed by atoms with E-state index in [1.54, 1.807) is 25.7 Å². The minimum absolute atomic E-state index is 0.221. The summed E-state index contributed by atoms with van der Waals surface area (Å²) in [6.07, 6.45) is 1.77. The molecular formula is C31H45N3O4. The number of ether oxygens (including phenoxy) is 1. The van der Waals surface area contributed by atoms with Crippen molar-refractivity contribution in [2.75, 3.05) is 11.9 Å². The first kappa shape index (κ1) is 30.9. The molecule has 208 valence electrons. The van der Waals surface area contributed by atoms with Crippen LogP contribution in [0, 0.1) is 12.8 Å². The number of carbonyl (C=O) groups is 3. The molecule has 0 saturated carbocycles. The Kier molecular flexibility index (Phi) is 11.4. The fourth-order valence-corrected chi connectivity index (χ4v) is 4.14. The molecule has 0 saturated heterocycles. The molecule has 2 atom stereocenters. The molecule has 0 bridgehead atoms. The Bertz CT molecular complexity index is 1070. The van der Waals surface area contributed by atoms with Crippen LogP contribution in [0.25, 0.3) is 0 Å². The lowest BCUT2D eigenvalue weighted by Gasteiger charge is -2.35. The van der Waals surface area contributed by atoms with Crippen LogP contribution in [0.15, 0.2) is 48.5 Å². The van der Waals surface area contributed by atoms with E-state index in [-0.39, 0.29) is 17.7 Å². The Hall–Kier alpha value is -3.35. The Morgan fingerprint density at radius 3 is 2.13 bits per heavy atom. The van der Waals surface area contributed by atoms with Crippen LogP contribution in [0.1, 0.15) is 84.0 Å². The van der Waals surface area contributed by atoms with Gasteiger partial charge >= 0.3 is 6.09 Å². The average Bonchev–Trinajstić information content (AvgIpc) is 2.85. The van der Waals surface area contributed by atoms with E-state index in [1.165, 1.54) is 0 Å². The zero-order chi connectivity index (χ0) is 28.5. The Morgan fingerprint density at radius 1 is 0.974 bits per heavy atom. The molecular weight excluding hydrogens is 478 g/mol. The van der Waals surface area contributed by atoms with Gasteiger partial charge in [0.25, 0.3) is 5.91 Å². The van der Waals surface area contributed by atoms with E-state index < -0.39 is 23.8 Å². The molecule has 2 rings (SSSR count). The van der Waals surface area contributed by atoms with Gasteiger partial charge in [-0.3, -0.25) is 9.59 Å². The van der Waals surface area contributed by atoms with E-state index in [4.69, 9.17) is 4.74 Å². The molecule has 2 aromatic carbocycles. The van der Waals surface area contributed by atoms with Gasteiger partial charge in [0, 0.05) is 12.2 Å². The Morgan fingerprint density at radius 2 is 1.61 bits per heavy atom. The Balaban J connectivity index is 2.53. The number of hydrogen-bond acceptors (Lipinski definition) is 4. The van der Waals surface area contributed by atoms with Crippen molar-refractivity contribution < 1.29 is 19.1 Å². The SMILES string of the molecule is CCCCN(C(=O)C(NC(=O)OC(C)(C)C)C(C)C)C(C(=O)Nc1ccccc1C)c1ccc(CC)cc1. The third kappa shape index (κ3) is 8.89. The second kappa shape index (κ2) is 14.0. The van der Waals surface area contributed by atoms with Crippen molar-refractivity contribution in [2.45, 2.75) is 92.3 Å². The fourth-order valence-electron chi connectivity index (χ4n) is 4.14. The number of para-hydroxylation sites is 1. The first-order valence-electron chi connectivity index (χ1n) is 13.6. The predicted molar refractivity (Wildman–Crippen MR) is 153 cm³/mol. The van der Waals surface area contributed by atoms with E-state index in [2.05, 4.69) is 17.6 Å². The summed E-state index contributed by atoms with van der Waals surface area (Å²) in [6, 6.07) is 13.6. The number of hydrogen-bond donors (Lipinski definition) is 2. The van der Waals surface area contributed by atoms with Gasteiger partial charge in [-0.25, -0.2) is 4.79 Å². The minimum atomic E-state index is -0.874. The molecule has 0 aromatic heterocycles. The summed E-state index contributed by atoms with van der Waals surface area (Å²) in [5.74, 6) is -0.835. The first-order valence-corrected chi connectivity index (χ1v) is 13.6. The average molecular weight is 524 g/mol. The second-order valence-electron chi connectivity index (χ2n) is 11.1. The van der Waals surface area contributed by atoms with Crippen molar-refractivity contribution in [1.29, 1.82) is 0 Å². The molecule has 0 aliphatic rings. The highest BCUT2D eigenvalue weighted by atomic mass is 16.6. The van der Waals surface area contributed by atoms with Gasteiger partial charge < -0.3 is 20.3 Å². The maximum atomic E-state index is 14.1. The van der Waals surface area contributed by atoms with Crippen LogP contribution >= 0.6 is 0 Å². The number of nitrogens with one attached hydrogen (secondary N) is 2. The first-order chi connectivity index (χ1) is 17.9. The summed E-state index contributed by atoms with van der Waals surface area (Å²) in [5, 5.41) is 5.81. The number of amides is 3. The smallest absolute Gasteiger partial charge is 0.408 e. The minimum Gasteiger partial charge on any atom is -0.444 e. The zero-order valence-electron chi connectivity index (χ0n) is 24.3. The largest absolute Gasteiger partial charge is 0.444 e. The third-order valence-electron chi connectivity index (χ3n) is 6.31. The van der Waals surface area contributed by atoms with Crippen LogP contribution in [-0.2, 0) is 20.7 Å². The number of rotatable bonds is 11. The summed E-state index contributed by atoms with van der Waals surface area (Å²) in [5.41, 5.74) is 2.79. The fraction of sp³-hybridized carbons (Fsp3) is 0.516. The van der Waals surface area contributed by atoms with Gasteiger partial charge in [-0.1, -0.05) is 76.6 Å². The lowest BCUT2D eigenvalue weighted by molar-refractivity contribution is -0.141. The lowest BCUT2D eigenvalue weighted by atomic mass is 9.97. The maximum absolute atomic E-state index is 14.1. The molecule has 0 spiro atoms. The number of alkyl carbamates (subject to hydrolysis) is 1. The van der Waals surface area contributed by atoms with Gasteiger partial charge in [-0.05, 0) is 69.2 Å². The summed E-state index contributed by atoms with van der Waals surface area (Å²) in [7, 11) is 0. The molecule has 0 heterocycles. The standard InChI is InChI=1S/C31H45N3O4/c1-9-11-20-34(29(36)26(21(3)4)33-30(37)38-31(6,7)8)27(24-18-16-23(10-2)17-19-24)28(35)32-25-15-13-12-14-22(25)5/h12-19,21,26-27H,9-11,20H2,1-8H3,(H,32,35)(H,33,37). The number of unbranched alkanes of at least 4 members (excludes halogenated alkanes) is 1. The number of carbonyl (C=O) groups excluding carboxylic acids is 3. The van der Waals surface area contributed by atoms with Gasteiger partial charge in [0.05, 0.1) is 0 Å². The van der Waals surface area contributed by atoms with Crippen LogP contribution in [0.5, 0.6) is 0 Å². The Labute approximate surface area is 228 Å². The van der Waals surface area contributed by atoms with E-state index in [1.807, 2.05) is 76.2 Å². The van der Waals surface area contributed by atoms with E-state index in [9.17, 15) is 14.4 Å². The number of benzene rings is 2. The van der Waals surface area contributed by atoms with Crippen molar-refractivity contribution in [1.82, 2.24) is 10.2 Å². The van der Waals surface area contributed by atoms with Gasteiger partial charge in [-0.2, -0.15) is 0 Å². The molecule has 2 N–H and O–H groups in total. The third-order valence-corrected chi connectivity index (χ3v) is 6.31. The molecule has 0 radical (unpaired) electrons. The van der Waals surface area contributed by atoms with Crippen LogP contribution in [0.4, 0.5) is 10.5 Å². The van der Waals surface area contributed by atoms with Crippen LogP contribution in [0.3, 0.4) is 0 Å². The number of anilines is 1. The number of nitrogens with zero attached hydrogens (tertiary/aromatic N) is 1. The normalized spacial score (nSPS) is 13.0. The summed E-state index contributed by atoms with van der Waals surface area (Å²) < 4.78 is 5.44. The van der Waals surface area contributed by atoms with E-state index in [0.717, 1.165) is 29.5 Å². The highest BCUT2D eigenvalue weighted by molar-refractivity contribution is 5.99. The van der Waals surface area contributed by atoms with Gasteiger partial charge in [-0.15, -0.1) is 0 Å². The summed E-state index contributed by atoms with van der Waals surface area (Å²) in [4.78, 5) is 42.3. The lowest BCUT2D eigenvalue weighted by Crippen LogP contribution is -2.54. The van der Waals surface area contributed by atoms with E-state index in [0.29, 0.717) is 18.7 Å².